The van der Waals surface area contributed by atoms with Gasteiger partial charge in [-0.25, -0.2) is 0 Å². The Morgan fingerprint density at radius 3 is 2.52 bits per heavy atom. The van der Waals surface area contributed by atoms with Gasteiger partial charge in [0.25, 0.3) is 5.91 Å². The third kappa shape index (κ3) is 4.86. The van der Waals surface area contributed by atoms with Crippen molar-refractivity contribution in [1.29, 1.82) is 0 Å². The van der Waals surface area contributed by atoms with Gasteiger partial charge in [0.1, 0.15) is 5.75 Å². The second-order valence-corrected chi connectivity index (χ2v) is 6.13. The SMILES string of the molecule is NC(=S)CN(C(=O)COc1ccc(Cl)cc1)C1CCCC1. The molecule has 4 nitrogen and oxygen atoms in total. The van der Waals surface area contributed by atoms with Crippen LogP contribution in [0.15, 0.2) is 24.3 Å². The molecular formula is C15H19ClN2O2S. The Balaban J connectivity index is 1.94. The van der Waals surface area contributed by atoms with Gasteiger partial charge in [-0.05, 0) is 37.1 Å². The Morgan fingerprint density at radius 1 is 1.33 bits per heavy atom. The molecule has 0 aromatic heterocycles. The van der Waals surface area contributed by atoms with Crippen LogP contribution >= 0.6 is 23.8 Å². The number of hydrogen-bond donors (Lipinski definition) is 1. The molecule has 0 saturated heterocycles. The van der Waals surface area contributed by atoms with Crippen LogP contribution in [0.4, 0.5) is 0 Å². The van der Waals surface area contributed by atoms with Crippen LogP contribution in [0.2, 0.25) is 5.02 Å². The molecule has 114 valence electrons. The number of hydrogen-bond acceptors (Lipinski definition) is 3. The van der Waals surface area contributed by atoms with Crippen molar-refractivity contribution in [2.45, 2.75) is 31.7 Å². The Kier molecular flexibility index (Phi) is 5.82. The summed E-state index contributed by atoms with van der Waals surface area (Å²) in [7, 11) is 0. The van der Waals surface area contributed by atoms with Gasteiger partial charge in [0.05, 0.1) is 11.5 Å². The molecule has 2 N–H and O–H groups in total. The van der Waals surface area contributed by atoms with Gasteiger partial charge in [0, 0.05) is 11.1 Å². The van der Waals surface area contributed by atoms with Gasteiger partial charge in [-0.3, -0.25) is 4.79 Å². The minimum atomic E-state index is -0.0790. The number of carbonyl (C=O) groups excluding carboxylic acids is 1. The molecule has 0 unspecified atom stereocenters. The average Bonchev–Trinajstić information content (AvgIpc) is 2.97. The molecule has 1 saturated carbocycles. The first-order valence-electron chi connectivity index (χ1n) is 7.02. The van der Waals surface area contributed by atoms with E-state index in [4.69, 9.17) is 34.3 Å². The molecule has 1 aliphatic rings. The van der Waals surface area contributed by atoms with Gasteiger partial charge in [0.2, 0.25) is 0 Å². The first-order valence-corrected chi connectivity index (χ1v) is 7.81. The van der Waals surface area contributed by atoms with E-state index in [1.807, 2.05) is 0 Å². The topological polar surface area (TPSA) is 55.6 Å². The third-order valence-electron chi connectivity index (χ3n) is 3.59. The van der Waals surface area contributed by atoms with E-state index in [1.54, 1.807) is 29.2 Å². The minimum absolute atomic E-state index is 0.0131. The van der Waals surface area contributed by atoms with Crippen LogP contribution in [0.25, 0.3) is 0 Å². The number of amides is 1. The summed E-state index contributed by atoms with van der Waals surface area (Å²) in [6, 6.07) is 7.16. The normalized spacial score (nSPS) is 14.9. The maximum atomic E-state index is 12.4. The Bertz CT molecular complexity index is 501. The second-order valence-electron chi connectivity index (χ2n) is 5.17. The fourth-order valence-electron chi connectivity index (χ4n) is 2.56. The first kappa shape index (κ1) is 16.0. The van der Waals surface area contributed by atoms with Crippen molar-refractivity contribution in [3.8, 4) is 5.75 Å². The van der Waals surface area contributed by atoms with Gasteiger partial charge in [0.15, 0.2) is 6.61 Å². The molecule has 6 heteroatoms. The van der Waals surface area contributed by atoms with Crippen LogP contribution in [-0.4, -0.2) is 35.0 Å². The highest BCUT2D eigenvalue weighted by atomic mass is 35.5. The Labute approximate surface area is 135 Å². The zero-order valence-electron chi connectivity index (χ0n) is 11.8. The molecular weight excluding hydrogens is 308 g/mol. The highest BCUT2D eigenvalue weighted by Crippen LogP contribution is 2.23. The number of halogens is 1. The van der Waals surface area contributed by atoms with E-state index < -0.39 is 0 Å². The van der Waals surface area contributed by atoms with E-state index in [0.29, 0.717) is 22.3 Å². The van der Waals surface area contributed by atoms with Crippen LogP contribution in [0.5, 0.6) is 5.75 Å². The third-order valence-corrected chi connectivity index (χ3v) is 3.97. The van der Waals surface area contributed by atoms with E-state index in [1.165, 1.54) is 0 Å². The summed E-state index contributed by atoms with van der Waals surface area (Å²) in [5, 5.41) is 0.634. The number of carbonyl (C=O) groups is 1. The van der Waals surface area contributed by atoms with E-state index in [9.17, 15) is 4.79 Å². The highest BCUT2D eigenvalue weighted by molar-refractivity contribution is 7.80. The smallest absolute Gasteiger partial charge is 0.261 e. The van der Waals surface area contributed by atoms with Crippen molar-refractivity contribution in [2.75, 3.05) is 13.2 Å². The molecule has 0 bridgehead atoms. The molecule has 21 heavy (non-hydrogen) atoms. The van der Waals surface area contributed by atoms with Crippen LogP contribution in [0.1, 0.15) is 25.7 Å². The van der Waals surface area contributed by atoms with Gasteiger partial charge < -0.3 is 15.4 Å². The molecule has 0 radical (unpaired) electrons. The quantitative estimate of drug-likeness (QED) is 0.817. The number of ether oxygens (including phenoxy) is 1. The van der Waals surface area contributed by atoms with Gasteiger partial charge in [-0.15, -0.1) is 0 Å². The molecule has 0 aliphatic heterocycles. The molecule has 2 rings (SSSR count). The van der Waals surface area contributed by atoms with Gasteiger partial charge in [-0.1, -0.05) is 36.7 Å². The summed E-state index contributed by atoms with van der Waals surface area (Å²) in [5.74, 6) is 0.541. The van der Waals surface area contributed by atoms with Crippen LogP contribution in [0.3, 0.4) is 0 Å². The number of nitrogens with two attached hydrogens (primary N) is 1. The molecule has 1 aromatic rings. The first-order chi connectivity index (χ1) is 10.1. The minimum Gasteiger partial charge on any atom is -0.484 e. The summed E-state index contributed by atoms with van der Waals surface area (Å²) in [4.78, 5) is 14.5. The maximum absolute atomic E-state index is 12.4. The molecule has 0 atom stereocenters. The van der Waals surface area contributed by atoms with E-state index in [-0.39, 0.29) is 18.6 Å². The summed E-state index contributed by atoms with van der Waals surface area (Å²) >= 11 is 10.8. The molecule has 1 fully saturated rings. The lowest BCUT2D eigenvalue weighted by molar-refractivity contribution is -0.134. The molecule has 1 amide bonds. The summed E-state index contributed by atoms with van der Waals surface area (Å²) in [5.41, 5.74) is 5.60. The fourth-order valence-corrected chi connectivity index (χ4v) is 2.83. The highest BCUT2D eigenvalue weighted by Gasteiger charge is 2.27. The molecule has 0 spiro atoms. The van der Waals surface area contributed by atoms with Crippen molar-refractivity contribution >= 4 is 34.7 Å². The molecule has 0 heterocycles. The monoisotopic (exact) mass is 326 g/mol. The maximum Gasteiger partial charge on any atom is 0.261 e. The second kappa shape index (κ2) is 7.61. The average molecular weight is 327 g/mol. The molecule has 1 aliphatic carbocycles. The predicted molar refractivity (Wildman–Crippen MR) is 87.7 cm³/mol. The fraction of sp³-hybridized carbons (Fsp3) is 0.467. The van der Waals surface area contributed by atoms with Crippen molar-refractivity contribution in [1.82, 2.24) is 4.90 Å². The van der Waals surface area contributed by atoms with Crippen LogP contribution in [-0.2, 0) is 4.79 Å². The van der Waals surface area contributed by atoms with Crippen molar-refractivity contribution in [3.63, 3.8) is 0 Å². The summed E-state index contributed by atoms with van der Waals surface area (Å²) in [6.45, 7) is 0.309. The van der Waals surface area contributed by atoms with Crippen molar-refractivity contribution < 1.29 is 9.53 Å². The Hall–Kier alpha value is -1.33. The number of benzene rings is 1. The molecule has 1 aromatic carbocycles. The Morgan fingerprint density at radius 2 is 1.95 bits per heavy atom. The van der Waals surface area contributed by atoms with Crippen LogP contribution in [0, 0.1) is 0 Å². The largest absolute Gasteiger partial charge is 0.484 e. The lowest BCUT2D eigenvalue weighted by Crippen LogP contribution is -2.45. The number of thiocarbonyl (C=S) groups is 1. The van der Waals surface area contributed by atoms with Gasteiger partial charge in [-0.2, -0.15) is 0 Å². The lowest BCUT2D eigenvalue weighted by atomic mass is 10.2. The predicted octanol–water partition coefficient (Wildman–Crippen LogP) is 2.78. The van der Waals surface area contributed by atoms with E-state index >= 15 is 0 Å². The zero-order chi connectivity index (χ0) is 15.2. The summed E-state index contributed by atoms with van der Waals surface area (Å²) in [6.07, 6.45) is 4.30. The number of rotatable bonds is 6. The van der Waals surface area contributed by atoms with Gasteiger partial charge >= 0.3 is 0 Å². The lowest BCUT2D eigenvalue weighted by Gasteiger charge is -2.28. The summed E-state index contributed by atoms with van der Waals surface area (Å²) < 4.78 is 5.51. The van der Waals surface area contributed by atoms with Crippen molar-refractivity contribution in [3.05, 3.63) is 29.3 Å². The zero-order valence-corrected chi connectivity index (χ0v) is 13.3. The van der Waals surface area contributed by atoms with Crippen LogP contribution < -0.4 is 10.5 Å². The van der Waals surface area contributed by atoms with E-state index in [2.05, 4.69) is 0 Å². The van der Waals surface area contributed by atoms with E-state index in [0.717, 1.165) is 25.7 Å². The number of nitrogens with zero attached hydrogens (tertiary/aromatic N) is 1. The standard InChI is InChI=1S/C15H19ClN2O2S/c16-11-5-7-13(8-6-11)20-10-15(19)18(9-14(17)21)12-3-1-2-4-12/h5-8,12H,1-4,9-10H2,(H2,17,21). The van der Waals surface area contributed by atoms with Crippen molar-refractivity contribution in [2.24, 2.45) is 5.73 Å².